The van der Waals surface area contributed by atoms with Crippen molar-refractivity contribution in [1.82, 2.24) is 0 Å². The number of Topliss-reactive ketones (excluding diaryl/α,β-unsaturated/α-hetero) is 1. The topological polar surface area (TPSA) is 17.1 Å². The largest absolute Gasteiger partial charge is 0.289 e. The maximum Gasteiger partial charge on any atom is 0.192 e. The molecule has 1 spiro atoms. The van der Waals surface area contributed by atoms with Crippen molar-refractivity contribution in [3.63, 3.8) is 0 Å². The number of ketones is 1. The van der Waals surface area contributed by atoms with Crippen LogP contribution in [0.15, 0.2) is 187 Å². The number of benzene rings is 7. The minimum atomic E-state index is -0.416. The van der Waals surface area contributed by atoms with Crippen LogP contribution in [0.1, 0.15) is 67.2 Å². The van der Waals surface area contributed by atoms with E-state index in [4.69, 9.17) is 0 Å². The van der Waals surface area contributed by atoms with E-state index in [0.717, 1.165) is 30.4 Å². The highest BCUT2D eigenvalue weighted by Gasteiger charge is 2.55. The van der Waals surface area contributed by atoms with Gasteiger partial charge in [-0.15, -0.1) is 0 Å². The van der Waals surface area contributed by atoms with Crippen molar-refractivity contribution in [2.45, 2.75) is 30.6 Å². The fraction of sp³-hybridized carbons (Fsp3) is 0.0962. The molecule has 1 atom stereocenters. The lowest BCUT2D eigenvalue weighted by Crippen LogP contribution is -2.28. The quantitative estimate of drug-likeness (QED) is 0.167. The van der Waals surface area contributed by atoms with Crippen LogP contribution in [0, 0.1) is 0 Å². The molecule has 0 N–H and O–H groups in total. The molecule has 1 heteroatoms. The molecule has 4 aliphatic rings. The van der Waals surface area contributed by atoms with Crippen molar-refractivity contribution < 1.29 is 4.79 Å². The number of rotatable bonds is 2. The van der Waals surface area contributed by atoms with Crippen LogP contribution >= 0.6 is 0 Å². The highest BCUT2D eigenvalue weighted by atomic mass is 16.1. The zero-order chi connectivity index (χ0) is 35.1. The van der Waals surface area contributed by atoms with Gasteiger partial charge in [0.05, 0.1) is 5.41 Å². The van der Waals surface area contributed by atoms with Gasteiger partial charge in [0.1, 0.15) is 0 Å². The van der Waals surface area contributed by atoms with Crippen LogP contribution in [-0.4, -0.2) is 5.78 Å². The number of hydrogen-bond donors (Lipinski definition) is 0. The van der Waals surface area contributed by atoms with Crippen molar-refractivity contribution in [3.05, 3.63) is 237 Å². The molecule has 0 radical (unpaired) electrons. The highest BCUT2D eigenvalue weighted by molar-refractivity contribution is 6.11. The average molecular weight is 677 g/mol. The highest BCUT2D eigenvalue weighted by Crippen LogP contribution is 2.65. The molecule has 11 rings (SSSR count). The Morgan fingerprint density at radius 3 is 1.55 bits per heavy atom. The molecule has 0 aliphatic heterocycles. The van der Waals surface area contributed by atoms with Gasteiger partial charge in [0.25, 0.3) is 0 Å². The van der Waals surface area contributed by atoms with E-state index < -0.39 is 5.41 Å². The van der Waals surface area contributed by atoms with E-state index in [2.05, 4.69) is 176 Å². The third kappa shape index (κ3) is 4.34. The third-order valence-corrected chi connectivity index (χ3v) is 12.4. The molecule has 1 unspecified atom stereocenters. The summed E-state index contributed by atoms with van der Waals surface area (Å²) in [6.45, 7) is 0. The summed E-state index contributed by atoms with van der Waals surface area (Å²) in [7, 11) is 0. The van der Waals surface area contributed by atoms with Gasteiger partial charge in [-0.05, 0) is 115 Å². The Morgan fingerprint density at radius 1 is 0.472 bits per heavy atom. The Bertz CT molecular complexity index is 2690. The molecule has 250 valence electrons. The second-order valence-electron chi connectivity index (χ2n) is 15.0. The maximum atomic E-state index is 14.9. The summed E-state index contributed by atoms with van der Waals surface area (Å²) in [5, 5.41) is 0. The first kappa shape index (κ1) is 30.3. The van der Waals surface area contributed by atoms with E-state index in [1.54, 1.807) is 0 Å². The SMILES string of the molecule is O=C(C1=CCC2C(=C1)C1(c3ccccc3-c3ccccc31)c1ccccc12)c1ccc2c(c1)Cc1ccccc1-c1ccccc1Cc1ccccc1-2. The Kier molecular flexibility index (Phi) is 6.64. The number of allylic oxidation sites excluding steroid dienone is 4. The zero-order valence-corrected chi connectivity index (χ0v) is 29.4. The van der Waals surface area contributed by atoms with Gasteiger partial charge in [-0.2, -0.15) is 0 Å². The lowest BCUT2D eigenvalue weighted by atomic mass is 9.68. The van der Waals surface area contributed by atoms with Crippen molar-refractivity contribution in [2.75, 3.05) is 0 Å². The van der Waals surface area contributed by atoms with Crippen LogP contribution in [0.4, 0.5) is 0 Å². The Balaban J connectivity index is 1.06. The molecule has 0 saturated carbocycles. The first-order chi connectivity index (χ1) is 26.2. The summed E-state index contributed by atoms with van der Waals surface area (Å²) < 4.78 is 0. The summed E-state index contributed by atoms with van der Waals surface area (Å²) in [6, 6.07) is 59.6. The van der Waals surface area contributed by atoms with Crippen molar-refractivity contribution in [2.24, 2.45) is 0 Å². The summed E-state index contributed by atoms with van der Waals surface area (Å²) in [5.74, 6) is 0.315. The van der Waals surface area contributed by atoms with Crippen LogP contribution in [-0.2, 0) is 18.3 Å². The molecule has 0 heterocycles. The predicted octanol–water partition coefficient (Wildman–Crippen LogP) is 12.1. The fourth-order valence-corrected chi connectivity index (χ4v) is 10.2. The van der Waals surface area contributed by atoms with Gasteiger partial charge >= 0.3 is 0 Å². The van der Waals surface area contributed by atoms with Crippen LogP contribution in [0.25, 0.3) is 33.4 Å². The normalized spacial score (nSPS) is 16.7. The average Bonchev–Trinajstić information content (AvgIpc) is 3.68. The minimum absolute atomic E-state index is 0.0911. The van der Waals surface area contributed by atoms with Gasteiger partial charge in [-0.3, -0.25) is 4.79 Å². The number of fused-ring (bicyclic) bond motifs is 16. The number of carbonyl (C=O) groups is 1. The summed E-state index contributed by atoms with van der Waals surface area (Å²) >= 11 is 0. The van der Waals surface area contributed by atoms with Gasteiger partial charge in [-0.25, -0.2) is 0 Å². The molecule has 0 aromatic heterocycles. The minimum Gasteiger partial charge on any atom is -0.289 e. The summed E-state index contributed by atoms with van der Waals surface area (Å²) in [5.41, 5.74) is 20.5. The number of hydrogen-bond acceptors (Lipinski definition) is 1. The Hall–Kier alpha value is -6.31. The van der Waals surface area contributed by atoms with Gasteiger partial charge in [0.2, 0.25) is 0 Å². The monoisotopic (exact) mass is 676 g/mol. The van der Waals surface area contributed by atoms with Crippen LogP contribution in [0.2, 0.25) is 0 Å². The van der Waals surface area contributed by atoms with Crippen LogP contribution < -0.4 is 0 Å². The van der Waals surface area contributed by atoms with Crippen molar-refractivity contribution in [1.29, 1.82) is 0 Å². The molecule has 0 bridgehead atoms. The van der Waals surface area contributed by atoms with E-state index in [0.29, 0.717) is 0 Å². The second kappa shape index (κ2) is 11.6. The van der Waals surface area contributed by atoms with E-state index in [1.807, 2.05) is 0 Å². The van der Waals surface area contributed by atoms with Crippen molar-refractivity contribution in [3.8, 4) is 33.4 Å². The molecule has 4 aliphatic carbocycles. The molecular weight excluding hydrogens is 641 g/mol. The first-order valence-corrected chi connectivity index (χ1v) is 18.8. The molecule has 53 heavy (non-hydrogen) atoms. The molecule has 0 fully saturated rings. The molecule has 0 saturated heterocycles. The summed E-state index contributed by atoms with van der Waals surface area (Å²) in [6.07, 6.45) is 6.86. The predicted molar refractivity (Wildman–Crippen MR) is 215 cm³/mol. The van der Waals surface area contributed by atoms with E-state index in [9.17, 15) is 4.79 Å². The molecule has 1 nitrogen and oxygen atoms in total. The Labute approximate surface area is 310 Å². The lowest BCUT2D eigenvalue weighted by Gasteiger charge is -2.33. The van der Waals surface area contributed by atoms with E-state index in [-0.39, 0.29) is 11.7 Å². The summed E-state index contributed by atoms with van der Waals surface area (Å²) in [4.78, 5) is 14.9. The maximum absolute atomic E-state index is 14.9. The third-order valence-electron chi connectivity index (χ3n) is 12.4. The fourth-order valence-electron chi connectivity index (χ4n) is 10.2. The van der Waals surface area contributed by atoms with Gasteiger partial charge in [0, 0.05) is 17.1 Å². The van der Waals surface area contributed by atoms with Crippen LogP contribution in [0.5, 0.6) is 0 Å². The molecule has 0 amide bonds. The van der Waals surface area contributed by atoms with Crippen LogP contribution in [0.3, 0.4) is 0 Å². The standard InChI is InChI=1S/C52H36O/c53-51(36-25-27-42-38(31-36)30-35-15-3-5-17-40(35)39-16-4-1-13-33(39)29-34-14-2-6-18-41(34)42)37-26-28-46-45-21-9-12-24-49(45)52(50(46)32-37)47-22-10-7-19-43(47)44-20-8-11-23-48(44)52/h1-27,31-32,46H,28-30H2. The number of carbonyl (C=O) groups excluding carboxylic acids is 1. The van der Waals surface area contributed by atoms with Gasteiger partial charge < -0.3 is 0 Å². The molecule has 7 aromatic rings. The Morgan fingerprint density at radius 2 is 0.943 bits per heavy atom. The van der Waals surface area contributed by atoms with Crippen molar-refractivity contribution >= 4 is 5.78 Å². The zero-order valence-electron chi connectivity index (χ0n) is 29.4. The van der Waals surface area contributed by atoms with E-state index in [1.165, 1.54) is 83.5 Å². The second-order valence-corrected chi connectivity index (χ2v) is 15.0. The van der Waals surface area contributed by atoms with Gasteiger partial charge in [-0.1, -0.05) is 164 Å². The van der Waals surface area contributed by atoms with E-state index >= 15 is 0 Å². The first-order valence-electron chi connectivity index (χ1n) is 18.8. The molecular formula is C52H36O. The van der Waals surface area contributed by atoms with Gasteiger partial charge in [0.15, 0.2) is 5.78 Å². The smallest absolute Gasteiger partial charge is 0.192 e. The lowest BCUT2D eigenvalue weighted by molar-refractivity contribution is 0.103. The molecule has 7 aromatic carbocycles.